The molecule has 0 radical (unpaired) electrons. The molecule has 20 heavy (non-hydrogen) atoms. The lowest BCUT2D eigenvalue weighted by molar-refractivity contribution is -0.142. The van der Waals surface area contributed by atoms with Gasteiger partial charge in [-0.1, -0.05) is 6.42 Å². The number of piperidine rings is 1. The number of carbonyl (C=O) groups excluding carboxylic acids is 1. The maximum absolute atomic E-state index is 12.4. The van der Waals surface area contributed by atoms with Crippen LogP contribution in [0.15, 0.2) is 0 Å². The van der Waals surface area contributed by atoms with Gasteiger partial charge >= 0.3 is 12.0 Å². The van der Waals surface area contributed by atoms with E-state index in [1.165, 1.54) is 6.42 Å². The zero-order valence-corrected chi connectivity index (χ0v) is 12.5. The zero-order valence-electron chi connectivity index (χ0n) is 12.5. The van der Waals surface area contributed by atoms with Crippen molar-refractivity contribution in [1.82, 2.24) is 15.3 Å². The third kappa shape index (κ3) is 2.90. The van der Waals surface area contributed by atoms with Crippen LogP contribution in [0.3, 0.4) is 0 Å². The van der Waals surface area contributed by atoms with Crippen LogP contribution in [-0.2, 0) is 4.79 Å². The van der Waals surface area contributed by atoms with Crippen LogP contribution in [0.25, 0.3) is 0 Å². The highest BCUT2D eigenvalue weighted by Gasteiger charge is 2.39. The fraction of sp³-hybridized carbons (Fsp3) is 0.857. The van der Waals surface area contributed by atoms with E-state index in [4.69, 9.17) is 5.11 Å². The highest BCUT2D eigenvalue weighted by molar-refractivity contribution is 5.77. The van der Waals surface area contributed by atoms with Crippen molar-refractivity contribution >= 4 is 12.0 Å². The minimum Gasteiger partial charge on any atom is -0.481 e. The second kappa shape index (κ2) is 5.99. The van der Waals surface area contributed by atoms with Gasteiger partial charge in [-0.25, -0.2) is 9.80 Å². The van der Waals surface area contributed by atoms with Crippen LogP contribution in [0, 0.1) is 5.92 Å². The maximum atomic E-state index is 12.4. The van der Waals surface area contributed by atoms with Crippen molar-refractivity contribution in [2.24, 2.45) is 5.92 Å². The van der Waals surface area contributed by atoms with Gasteiger partial charge < -0.3 is 10.0 Å². The first kappa shape index (κ1) is 15.1. The molecule has 4 atom stereocenters. The zero-order chi connectivity index (χ0) is 14.9. The minimum atomic E-state index is -0.812. The summed E-state index contributed by atoms with van der Waals surface area (Å²) in [7, 11) is 0. The summed E-state index contributed by atoms with van der Waals surface area (Å²) < 4.78 is 0. The molecule has 2 saturated heterocycles. The van der Waals surface area contributed by atoms with E-state index in [0.717, 1.165) is 12.8 Å². The fourth-order valence-corrected chi connectivity index (χ4v) is 3.37. The highest BCUT2D eigenvalue weighted by Crippen LogP contribution is 2.25. The van der Waals surface area contributed by atoms with E-state index in [0.29, 0.717) is 25.0 Å². The molecule has 6 heteroatoms. The van der Waals surface area contributed by atoms with Gasteiger partial charge in [0.25, 0.3) is 0 Å². The monoisotopic (exact) mass is 283 g/mol. The van der Waals surface area contributed by atoms with Crippen molar-refractivity contribution in [3.63, 3.8) is 0 Å². The number of carbonyl (C=O) groups is 2. The molecule has 114 valence electrons. The number of nitrogens with zero attached hydrogens (tertiary/aromatic N) is 2. The van der Waals surface area contributed by atoms with Gasteiger partial charge in [-0.2, -0.15) is 0 Å². The fourth-order valence-electron chi connectivity index (χ4n) is 3.37. The van der Waals surface area contributed by atoms with Gasteiger partial charge in [-0.3, -0.25) is 10.2 Å². The molecule has 0 aromatic carbocycles. The average Bonchev–Trinajstić information content (AvgIpc) is 2.76. The predicted molar refractivity (Wildman–Crippen MR) is 75.1 cm³/mol. The Hall–Kier alpha value is -1.30. The van der Waals surface area contributed by atoms with Gasteiger partial charge in [-0.15, -0.1) is 0 Å². The van der Waals surface area contributed by atoms with Gasteiger partial charge in [0.05, 0.1) is 5.92 Å². The highest BCUT2D eigenvalue weighted by atomic mass is 16.4. The SMILES string of the molecule is CC1C(C(=O)O)CCN1C(=O)NN1C(C)CCCC1C. The Morgan fingerprint density at radius 1 is 1.10 bits per heavy atom. The number of urea groups is 1. The number of rotatable bonds is 2. The molecular weight excluding hydrogens is 258 g/mol. The number of hydrogen-bond acceptors (Lipinski definition) is 3. The molecule has 0 saturated carbocycles. The third-order valence-electron chi connectivity index (χ3n) is 4.75. The lowest BCUT2D eigenvalue weighted by Crippen LogP contribution is -2.57. The summed E-state index contributed by atoms with van der Waals surface area (Å²) in [6.45, 7) is 6.56. The molecule has 2 heterocycles. The number of hydrogen-bond donors (Lipinski definition) is 2. The quantitative estimate of drug-likeness (QED) is 0.808. The van der Waals surface area contributed by atoms with Crippen molar-refractivity contribution in [3.8, 4) is 0 Å². The smallest absolute Gasteiger partial charge is 0.332 e. The van der Waals surface area contributed by atoms with E-state index in [2.05, 4.69) is 19.3 Å². The minimum absolute atomic E-state index is 0.165. The summed E-state index contributed by atoms with van der Waals surface area (Å²) in [5, 5.41) is 11.1. The van der Waals surface area contributed by atoms with Crippen molar-refractivity contribution in [1.29, 1.82) is 0 Å². The van der Waals surface area contributed by atoms with Crippen molar-refractivity contribution in [3.05, 3.63) is 0 Å². The number of amides is 2. The number of hydrazine groups is 1. The molecule has 0 spiro atoms. The average molecular weight is 283 g/mol. The molecule has 2 aliphatic heterocycles. The predicted octanol–water partition coefficient (Wildman–Crippen LogP) is 1.67. The molecule has 2 fully saturated rings. The number of carboxylic acid groups (broad SMARTS) is 1. The molecule has 6 nitrogen and oxygen atoms in total. The Kier molecular flexibility index (Phi) is 4.52. The second-order valence-electron chi connectivity index (χ2n) is 6.12. The van der Waals surface area contributed by atoms with Crippen molar-refractivity contribution in [2.45, 2.75) is 64.6 Å². The third-order valence-corrected chi connectivity index (χ3v) is 4.75. The first-order valence-corrected chi connectivity index (χ1v) is 7.50. The molecular formula is C14H25N3O3. The van der Waals surface area contributed by atoms with Crippen molar-refractivity contribution < 1.29 is 14.7 Å². The van der Waals surface area contributed by atoms with E-state index in [9.17, 15) is 9.59 Å². The lowest BCUT2D eigenvalue weighted by atomic mass is 10.00. The lowest BCUT2D eigenvalue weighted by Gasteiger charge is -2.40. The Morgan fingerprint density at radius 2 is 1.70 bits per heavy atom. The molecule has 0 aliphatic carbocycles. The topological polar surface area (TPSA) is 72.9 Å². The van der Waals surface area contributed by atoms with E-state index in [-0.39, 0.29) is 12.1 Å². The van der Waals surface area contributed by atoms with E-state index in [1.54, 1.807) is 4.90 Å². The van der Waals surface area contributed by atoms with Crippen LogP contribution < -0.4 is 5.43 Å². The van der Waals surface area contributed by atoms with Crippen LogP contribution in [0.5, 0.6) is 0 Å². The summed E-state index contributed by atoms with van der Waals surface area (Å²) in [4.78, 5) is 25.1. The largest absolute Gasteiger partial charge is 0.481 e. The van der Waals surface area contributed by atoms with Crippen LogP contribution in [0.4, 0.5) is 4.79 Å². The summed E-state index contributed by atoms with van der Waals surface area (Å²) in [5.41, 5.74) is 2.98. The van der Waals surface area contributed by atoms with E-state index in [1.807, 2.05) is 11.9 Å². The molecule has 2 amide bonds. The van der Waals surface area contributed by atoms with Gasteiger partial charge in [0.2, 0.25) is 0 Å². The van der Waals surface area contributed by atoms with Crippen molar-refractivity contribution in [2.75, 3.05) is 6.54 Å². The number of nitrogens with one attached hydrogen (secondary N) is 1. The molecule has 0 aromatic heterocycles. The molecule has 4 unspecified atom stereocenters. The molecule has 2 N–H and O–H groups in total. The van der Waals surface area contributed by atoms with Gasteiger partial charge in [0, 0.05) is 24.7 Å². The maximum Gasteiger partial charge on any atom is 0.332 e. The Balaban J connectivity index is 1.96. The second-order valence-corrected chi connectivity index (χ2v) is 6.12. The first-order valence-electron chi connectivity index (χ1n) is 7.50. The first-order chi connectivity index (χ1) is 9.41. The molecule has 2 rings (SSSR count). The Labute approximate surface area is 120 Å². The number of carboxylic acids is 1. The van der Waals surface area contributed by atoms with Crippen LogP contribution >= 0.6 is 0 Å². The Morgan fingerprint density at radius 3 is 2.20 bits per heavy atom. The summed E-state index contributed by atoms with van der Waals surface area (Å²) in [5.74, 6) is -1.26. The van der Waals surface area contributed by atoms with Crippen LogP contribution in [-0.4, -0.2) is 51.7 Å². The molecule has 2 aliphatic rings. The number of aliphatic carboxylic acids is 1. The van der Waals surface area contributed by atoms with Gasteiger partial charge in [-0.05, 0) is 40.0 Å². The standard InChI is InChI=1S/C14H25N3O3/c1-9-5-4-6-10(2)17(9)15-14(20)16-8-7-12(11(16)3)13(18)19/h9-12H,4-8H2,1-3H3,(H,15,20)(H,18,19). The van der Waals surface area contributed by atoms with E-state index < -0.39 is 11.9 Å². The summed E-state index contributed by atoms with van der Waals surface area (Å²) in [6.07, 6.45) is 3.89. The number of likely N-dealkylation sites (tertiary alicyclic amines) is 1. The molecule has 0 bridgehead atoms. The summed E-state index contributed by atoms with van der Waals surface area (Å²) >= 11 is 0. The van der Waals surface area contributed by atoms with Gasteiger partial charge in [0.15, 0.2) is 0 Å². The van der Waals surface area contributed by atoms with Crippen LogP contribution in [0.2, 0.25) is 0 Å². The molecule has 0 aromatic rings. The van der Waals surface area contributed by atoms with E-state index >= 15 is 0 Å². The normalized spacial score (nSPS) is 35.0. The van der Waals surface area contributed by atoms with Crippen LogP contribution in [0.1, 0.15) is 46.5 Å². The Bertz CT molecular complexity index is 378. The van der Waals surface area contributed by atoms with Gasteiger partial charge in [0.1, 0.15) is 0 Å². The summed E-state index contributed by atoms with van der Waals surface area (Å²) in [6, 6.07) is 0.247.